The molecule has 0 spiro atoms. The monoisotopic (exact) mass is 335 g/mol. The third-order valence-corrected chi connectivity index (χ3v) is 5.19. The van der Waals surface area contributed by atoms with Crippen LogP contribution in [0.4, 0.5) is 11.4 Å². The van der Waals surface area contributed by atoms with Gasteiger partial charge in [-0.2, -0.15) is 0 Å². The highest BCUT2D eigenvalue weighted by Crippen LogP contribution is 2.32. The van der Waals surface area contributed by atoms with Crippen LogP contribution < -0.4 is 9.80 Å². The average molecular weight is 335 g/mol. The van der Waals surface area contributed by atoms with E-state index < -0.39 is 0 Å². The van der Waals surface area contributed by atoms with Gasteiger partial charge in [0, 0.05) is 24.5 Å². The Morgan fingerprint density at radius 1 is 0.960 bits per heavy atom. The summed E-state index contributed by atoms with van der Waals surface area (Å²) in [4.78, 5) is 4.27. The highest BCUT2D eigenvalue weighted by Gasteiger charge is 2.23. The van der Waals surface area contributed by atoms with Crippen LogP contribution in [0.5, 0.6) is 0 Å². The first-order valence-corrected chi connectivity index (χ1v) is 9.52. The molecule has 0 amide bonds. The third kappa shape index (κ3) is 3.41. The smallest absolute Gasteiger partial charge is 0.202 e. The van der Waals surface area contributed by atoms with E-state index in [1.807, 2.05) is 0 Å². The van der Waals surface area contributed by atoms with E-state index in [4.69, 9.17) is 5.41 Å². The number of guanidine groups is 1. The molecule has 0 aromatic heterocycles. The van der Waals surface area contributed by atoms with Crippen LogP contribution in [0.1, 0.15) is 43.9 Å². The highest BCUT2D eigenvalue weighted by atomic mass is 15.4. The summed E-state index contributed by atoms with van der Waals surface area (Å²) in [7, 11) is 0. The summed E-state index contributed by atoms with van der Waals surface area (Å²) in [6.45, 7) is 8.03. The molecule has 0 heterocycles. The van der Waals surface area contributed by atoms with Gasteiger partial charge in [-0.25, -0.2) is 0 Å². The van der Waals surface area contributed by atoms with Crippen molar-refractivity contribution in [3.8, 4) is 0 Å². The predicted octanol–water partition coefficient (Wildman–Crippen LogP) is 5.03. The van der Waals surface area contributed by atoms with Gasteiger partial charge in [-0.05, 0) is 74.4 Å². The zero-order valence-electron chi connectivity index (χ0n) is 15.7. The topological polar surface area (TPSA) is 30.3 Å². The van der Waals surface area contributed by atoms with Gasteiger partial charge in [0.25, 0.3) is 0 Å². The molecule has 0 fully saturated rings. The summed E-state index contributed by atoms with van der Waals surface area (Å²) >= 11 is 0. The lowest BCUT2D eigenvalue weighted by molar-refractivity contribution is 0.905. The molecule has 0 unspecified atom stereocenters. The molecule has 3 rings (SSSR count). The van der Waals surface area contributed by atoms with Gasteiger partial charge in [0.15, 0.2) is 0 Å². The van der Waals surface area contributed by atoms with Crippen molar-refractivity contribution in [1.82, 2.24) is 0 Å². The molecule has 0 atom stereocenters. The maximum absolute atomic E-state index is 8.92. The van der Waals surface area contributed by atoms with E-state index in [0.717, 1.165) is 31.6 Å². The van der Waals surface area contributed by atoms with E-state index >= 15 is 0 Å². The summed E-state index contributed by atoms with van der Waals surface area (Å²) in [6, 6.07) is 15.1. The largest absolute Gasteiger partial charge is 0.313 e. The lowest BCUT2D eigenvalue weighted by atomic mass is 10.1. The Labute approximate surface area is 151 Å². The fraction of sp³-hybridized carbons (Fsp3) is 0.409. The van der Waals surface area contributed by atoms with Gasteiger partial charge in [0.2, 0.25) is 5.96 Å². The summed E-state index contributed by atoms with van der Waals surface area (Å²) < 4.78 is 0. The molecule has 3 heteroatoms. The molecule has 0 bridgehead atoms. The van der Waals surface area contributed by atoms with Crippen LogP contribution in [0.2, 0.25) is 0 Å². The molecule has 0 aliphatic heterocycles. The Morgan fingerprint density at radius 2 is 1.72 bits per heavy atom. The van der Waals surface area contributed by atoms with E-state index in [0.29, 0.717) is 5.96 Å². The van der Waals surface area contributed by atoms with Crippen LogP contribution >= 0.6 is 0 Å². The minimum atomic E-state index is 0.568. The summed E-state index contributed by atoms with van der Waals surface area (Å²) in [6.07, 6.45) is 4.55. The molecule has 1 N–H and O–H groups in total. The zero-order chi connectivity index (χ0) is 17.8. The fourth-order valence-corrected chi connectivity index (χ4v) is 3.83. The van der Waals surface area contributed by atoms with Crippen LogP contribution in [-0.4, -0.2) is 19.0 Å². The number of aryl methyl sites for hydroxylation is 2. The van der Waals surface area contributed by atoms with Crippen LogP contribution in [0.15, 0.2) is 42.5 Å². The van der Waals surface area contributed by atoms with Gasteiger partial charge in [0.05, 0.1) is 0 Å². The van der Waals surface area contributed by atoms with Crippen molar-refractivity contribution in [2.75, 3.05) is 22.9 Å². The number of nitrogens with zero attached hydrogens (tertiary/aromatic N) is 2. The van der Waals surface area contributed by atoms with Crippen molar-refractivity contribution < 1.29 is 0 Å². The molecule has 0 saturated heterocycles. The second-order valence-electron chi connectivity index (χ2n) is 6.60. The summed E-state index contributed by atoms with van der Waals surface area (Å²) in [5.41, 5.74) is 6.53. The van der Waals surface area contributed by atoms with Crippen LogP contribution in [0.25, 0.3) is 0 Å². The van der Waals surface area contributed by atoms with Gasteiger partial charge in [-0.15, -0.1) is 0 Å². The van der Waals surface area contributed by atoms with Gasteiger partial charge in [-0.1, -0.05) is 31.2 Å². The number of rotatable bonds is 5. The molecule has 3 nitrogen and oxygen atoms in total. The molecule has 0 saturated carbocycles. The van der Waals surface area contributed by atoms with Crippen molar-refractivity contribution in [2.24, 2.45) is 0 Å². The average Bonchev–Trinajstić information content (AvgIpc) is 3.13. The summed E-state index contributed by atoms with van der Waals surface area (Å²) in [5, 5.41) is 8.92. The minimum absolute atomic E-state index is 0.568. The van der Waals surface area contributed by atoms with Gasteiger partial charge in [0.1, 0.15) is 0 Å². The Kier molecular flexibility index (Phi) is 5.42. The van der Waals surface area contributed by atoms with E-state index in [9.17, 15) is 0 Å². The number of hydrogen-bond acceptors (Lipinski definition) is 1. The van der Waals surface area contributed by atoms with E-state index in [2.05, 4.69) is 73.0 Å². The van der Waals surface area contributed by atoms with Crippen molar-refractivity contribution in [3.63, 3.8) is 0 Å². The molecule has 2 aromatic rings. The van der Waals surface area contributed by atoms with Crippen LogP contribution in [0.3, 0.4) is 0 Å². The highest BCUT2D eigenvalue weighted by molar-refractivity contribution is 6.05. The first-order chi connectivity index (χ1) is 12.2. The third-order valence-electron chi connectivity index (χ3n) is 5.19. The lowest BCUT2D eigenvalue weighted by Gasteiger charge is -2.33. The molecule has 132 valence electrons. The Bertz CT molecular complexity index is 751. The number of benzene rings is 2. The number of fused-ring (bicyclic) bond motifs is 1. The Morgan fingerprint density at radius 3 is 2.44 bits per heavy atom. The first kappa shape index (κ1) is 17.5. The van der Waals surface area contributed by atoms with Gasteiger partial charge < -0.3 is 9.80 Å². The number of hydrogen-bond donors (Lipinski definition) is 1. The van der Waals surface area contributed by atoms with E-state index in [1.165, 1.54) is 35.2 Å². The van der Waals surface area contributed by atoms with Crippen LogP contribution in [-0.2, 0) is 19.3 Å². The quantitative estimate of drug-likeness (QED) is 0.614. The molecule has 25 heavy (non-hydrogen) atoms. The fourth-order valence-electron chi connectivity index (χ4n) is 3.83. The number of anilines is 2. The molecule has 1 aliphatic rings. The van der Waals surface area contributed by atoms with Crippen molar-refractivity contribution in [1.29, 1.82) is 5.41 Å². The normalized spacial score (nSPS) is 12.8. The van der Waals surface area contributed by atoms with Gasteiger partial charge in [-0.3, -0.25) is 5.41 Å². The van der Waals surface area contributed by atoms with Gasteiger partial charge >= 0.3 is 0 Å². The maximum atomic E-state index is 8.92. The van der Waals surface area contributed by atoms with E-state index in [-0.39, 0.29) is 0 Å². The maximum Gasteiger partial charge on any atom is 0.202 e. The second-order valence-corrected chi connectivity index (χ2v) is 6.60. The molecule has 2 aromatic carbocycles. The summed E-state index contributed by atoms with van der Waals surface area (Å²) in [5.74, 6) is 0.568. The van der Waals surface area contributed by atoms with E-state index in [1.54, 1.807) is 0 Å². The Hall–Kier alpha value is -2.29. The van der Waals surface area contributed by atoms with Crippen LogP contribution in [0, 0.1) is 5.41 Å². The minimum Gasteiger partial charge on any atom is -0.313 e. The predicted molar refractivity (Wildman–Crippen MR) is 108 cm³/mol. The first-order valence-electron chi connectivity index (χ1n) is 9.52. The zero-order valence-corrected chi connectivity index (χ0v) is 15.7. The lowest BCUT2D eigenvalue weighted by Crippen LogP contribution is -2.44. The van der Waals surface area contributed by atoms with Crippen molar-refractivity contribution in [2.45, 2.75) is 46.5 Å². The molecule has 0 radical (unpaired) electrons. The SMILES string of the molecule is CCc1cccc(N(CC)C(=N)N(CC)c2cccc3c2CCC3)c1. The van der Waals surface area contributed by atoms with Crippen molar-refractivity contribution in [3.05, 3.63) is 59.2 Å². The molecular weight excluding hydrogens is 306 g/mol. The standard InChI is InChI=1S/C22H29N3/c1-4-17-10-7-13-19(16-17)24(5-2)22(23)25(6-3)21-15-9-12-18-11-8-14-20(18)21/h7,9-10,12-13,15-16,23H,4-6,8,11,14H2,1-3H3. The Balaban J connectivity index is 1.94. The second kappa shape index (κ2) is 7.73. The van der Waals surface area contributed by atoms with Crippen molar-refractivity contribution >= 4 is 17.3 Å². The number of nitrogens with one attached hydrogen (secondary N) is 1. The molecular formula is C22H29N3. The molecule has 1 aliphatic carbocycles.